The van der Waals surface area contributed by atoms with Crippen molar-refractivity contribution in [3.05, 3.63) is 41.3 Å². The third-order valence-corrected chi connectivity index (χ3v) is 3.24. The van der Waals surface area contributed by atoms with Crippen LogP contribution in [0, 0.1) is 0 Å². The number of halogens is 3. The molecule has 19 heavy (non-hydrogen) atoms. The lowest BCUT2D eigenvalue weighted by molar-refractivity contribution is -0.274. The molecule has 0 spiro atoms. The van der Waals surface area contributed by atoms with Gasteiger partial charge in [-0.1, -0.05) is 0 Å². The molecule has 0 saturated carbocycles. The number of amides is 1. The SMILES string of the molecule is NC(=O)c1ccsc1-c1ccc(OC(F)(F)F)cc1. The van der Waals surface area contributed by atoms with Crippen LogP contribution >= 0.6 is 11.3 Å². The van der Waals surface area contributed by atoms with Gasteiger partial charge in [0.1, 0.15) is 5.75 Å². The maximum atomic E-state index is 12.0. The zero-order chi connectivity index (χ0) is 14.0. The lowest BCUT2D eigenvalue weighted by Gasteiger charge is -2.09. The van der Waals surface area contributed by atoms with Gasteiger partial charge in [-0.2, -0.15) is 0 Å². The Morgan fingerprint density at radius 1 is 1.16 bits per heavy atom. The number of hydrogen-bond donors (Lipinski definition) is 1. The maximum absolute atomic E-state index is 12.0. The summed E-state index contributed by atoms with van der Waals surface area (Å²) in [6.07, 6.45) is -4.72. The van der Waals surface area contributed by atoms with Crippen molar-refractivity contribution in [2.45, 2.75) is 6.36 Å². The molecule has 7 heteroatoms. The fourth-order valence-corrected chi connectivity index (χ4v) is 2.44. The summed E-state index contributed by atoms with van der Waals surface area (Å²) >= 11 is 1.29. The number of carbonyl (C=O) groups excluding carboxylic acids is 1. The predicted octanol–water partition coefficient (Wildman–Crippen LogP) is 3.41. The molecule has 2 aromatic rings. The summed E-state index contributed by atoms with van der Waals surface area (Å²) in [7, 11) is 0. The van der Waals surface area contributed by atoms with Gasteiger partial charge in [-0.3, -0.25) is 4.79 Å². The number of hydrogen-bond acceptors (Lipinski definition) is 3. The summed E-state index contributed by atoms with van der Waals surface area (Å²) in [5, 5.41) is 1.69. The number of ether oxygens (including phenoxy) is 1. The topological polar surface area (TPSA) is 52.3 Å². The molecule has 0 fully saturated rings. The van der Waals surface area contributed by atoms with E-state index < -0.39 is 12.3 Å². The number of benzene rings is 1. The van der Waals surface area contributed by atoms with Gasteiger partial charge >= 0.3 is 6.36 Å². The van der Waals surface area contributed by atoms with E-state index >= 15 is 0 Å². The molecule has 1 aromatic heterocycles. The fourth-order valence-electron chi connectivity index (χ4n) is 1.53. The average molecular weight is 287 g/mol. The number of alkyl halides is 3. The highest BCUT2D eigenvalue weighted by Gasteiger charge is 2.31. The van der Waals surface area contributed by atoms with Gasteiger partial charge < -0.3 is 10.5 Å². The largest absolute Gasteiger partial charge is 0.573 e. The molecule has 100 valence electrons. The van der Waals surface area contributed by atoms with Crippen molar-refractivity contribution in [3.8, 4) is 16.2 Å². The molecule has 2 rings (SSSR count). The third-order valence-electron chi connectivity index (χ3n) is 2.28. The number of primary amides is 1. The molecule has 3 nitrogen and oxygen atoms in total. The zero-order valence-electron chi connectivity index (χ0n) is 9.40. The van der Waals surface area contributed by atoms with Crippen molar-refractivity contribution >= 4 is 17.2 Å². The first-order valence-electron chi connectivity index (χ1n) is 5.10. The van der Waals surface area contributed by atoms with Gasteiger partial charge in [0.25, 0.3) is 0 Å². The van der Waals surface area contributed by atoms with E-state index in [1.165, 1.54) is 35.6 Å². The highest BCUT2D eigenvalue weighted by molar-refractivity contribution is 7.14. The van der Waals surface area contributed by atoms with E-state index in [9.17, 15) is 18.0 Å². The molecule has 0 aliphatic rings. The lowest BCUT2D eigenvalue weighted by atomic mass is 10.1. The van der Waals surface area contributed by atoms with Crippen molar-refractivity contribution < 1.29 is 22.7 Å². The smallest absolute Gasteiger partial charge is 0.406 e. The van der Waals surface area contributed by atoms with E-state index in [1.54, 1.807) is 11.4 Å². The third kappa shape index (κ3) is 3.25. The van der Waals surface area contributed by atoms with Crippen LogP contribution in [0.1, 0.15) is 10.4 Å². The molecule has 1 heterocycles. The van der Waals surface area contributed by atoms with Gasteiger partial charge in [0.2, 0.25) is 5.91 Å². The predicted molar refractivity (Wildman–Crippen MR) is 65.0 cm³/mol. The van der Waals surface area contributed by atoms with Crippen molar-refractivity contribution in [2.24, 2.45) is 5.73 Å². The summed E-state index contributed by atoms with van der Waals surface area (Å²) in [5.41, 5.74) is 6.16. The molecule has 0 aliphatic heterocycles. The van der Waals surface area contributed by atoms with E-state index in [-0.39, 0.29) is 5.75 Å². The first-order chi connectivity index (χ1) is 8.87. The second kappa shape index (κ2) is 4.93. The van der Waals surface area contributed by atoms with Crippen LogP contribution in [-0.2, 0) is 0 Å². The summed E-state index contributed by atoms with van der Waals surface area (Å²) in [5.74, 6) is -0.889. The van der Waals surface area contributed by atoms with E-state index in [0.717, 1.165) is 0 Å². The van der Waals surface area contributed by atoms with Crippen LogP contribution in [0.25, 0.3) is 10.4 Å². The van der Waals surface area contributed by atoms with E-state index in [2.05, 4.69) is 4.74 Å². The van der Waals surface area contributed by atoms with Crippen molar-refractivity contribution in [1.82, 2.24) is 0 Å². The molecule has 1 amide bonds. The summed E-state index contributed by atoms with van der Waals surface area (Å²) in [6, 6.07) is 6.84. The van der Waals surface area contributed by atoms with Gasteiger partial charge in [0.05, 0.1) is 5.56 Å². The fraction of sp³-hybridized carbons (Fsp3) is 0.0833. The lowest BCUT2D eigenvalue weighted by Crippen LogP contribution is -2.16. The van der Waals surface area contributed by atoms with Crippen LogP contribution in [0.2, 0.25) is 0 Å². The minimum Gasteiger partial charge on any atom is -0.406 e. The molecule has 2 N–H and O–H groups in total. The van der Waals surface area contributed by atoms with Crippen molar-refractivity contribution in [3.63, 3.8) is 0 Å². The molecule has 0 unspecified atom stereocenters. The maximum Gasteiger partial charge on any atom is 0.573 e. The Hall–Kier alpha value is -2.02. The second-order valence-electron chi connectivity index (χ2n) is 3.60. The molecular formula is C12H8F3NO2S. The molecule has 1 aromatic carbocycles. The Morgan fingerprint density at radius 3 is 2.32 bits per heavy atom. The van der Waals surface area contributed by atoms with E-state index in [4.69, 9.17) is 5.73 Å². The van der Waals surface area contributed by atoms with Crippen molar-refractivity contribution in [1.29, 1.82) is 0 Å². The Kier molecular flexibility index (Phi) is 3.48. The van der Waals surface area contributed by atoms with Gasteiger partial charge in [-0.15, -0.1) is 24.5 Å². The Bertz CT molecular complexity index is 590. The van der Waals surface area contributed by atoms with Crippen LogP contribution in [0.15, 0.2) is 35.7 Å². The van der Waals surface area contributed by atoms with E-state index in [1.807, 2.05) is 0 Å². The van der Waals surface area contributed by atoms with Crippen LogP contribution in [0.3, 0.4) is 0 Å². The molecule has 0 radical (unpaired) electrons. The van der Waals surface area contributed by atoms with Gasteiger partial charge in [-0.25, -0.2) is 0 Å². The molecule has 0 saturated heterocycles. The number of carbonyl (C=O) groups is 1. The van der Waals surface area contributed by atoms with Crippen LogP contribution in [0.5, 0.6) is 5.75 Å². The molecular weight excluding hydrogens is 279 g/mol. The van der Waals surface area contributed by atoms with Crippen molar-refractivity contribution in [2.75, 3.05) is 0 Å². The molecule has 0 bridgehead atoms. The highest BCUT2D eigenvalue weighted by atomic mass is 32.1. The van der Waals surface area contributed by atoms with Crippen LogP contribution in [0.4, 0.5) is 13.2 Å². The monoisotopic (exact) mass is 287 g/mol. The van der Waals surface area contributed by atoms with Gasteiger partial charge in [-0.05, 0) is 41.3 Å². The quantitative estimate of drug-likeness (QED) is 0.940. The summed E-state index contributed by atoms with van der Waals surface area (Å²) in [4.78, 5) is 11.8. The highest BCUT2D eigenvalue weighted by Crippen LogP contribution is 2.31. The minimum absolute atomic E-state index is 0.312. The zero-order valence-corrected chi connectivity index (χ0v) is 10.2. The minimum atomic E-state index is -4.72. The molecule has 0 atom stereocenters. The van der Waals surface area contributed by atoms with Gasteiger partial charge in [0.15, 0.2) is 0 Å². The summed E-state index contributed by atoms with van der Waals surface area (Å²) in [6.45, 7) is 0. The first-order valence-corrected chi connectivity index (χ1v) is 5.98. The number of rotatable bonds is 3. The normalized spacial score (nSPS) is 11.3. The van der Waals surface area contributed by atoms with E-state index in [0.29, 0.717) is 16.0 Å². The standard InChI is InChI=1S/C12H8F3NO2S/c13-12(14,15)18-8-3-1-7(2-4-8)10-9(11(16)17)5-6-19-10/h1-6H,(H2,16,17). The number of thiophene rings is 1. The first kappa shape index (κ1) is 13.4. The Balaban J connectivity index is 2.28. The Labute approximate surface area is 110 Å². The summed E-state index contributed by atoms with van der Waals surface area (Å²) < 4.78 is 39.8. The number of nitrogens with two attached hydrogens (primary N) is 1. The molecule has 0 aliphatic carbocycles. The van der Waals surface area contributed by atoms with Crippen LogP contribution in [-0.4, -0.2) is 12.3 Å². The van der Waals surface area contributed by atoms with Crippen LogP contribution < -0.4 is 10.5 Å². The Morgan fingerprint density at radius 2 is 1.79 bits per heavy atom. The second-order valence-corrected chi connectivity index (χ2v) is 4.52. The average Bonchev–Trinajstić information content (AvgIpc) is 2.76. The van der Waals surface area contributed by atoms with Gasteiger partial charge in [0, 0.05) is 4.88 Å².